The molecule has 3 rings (SSSR count). The molecule has 1 atom stereocenters. The van der Waals surface area contributed by atoms with Crippen molar-refractivity contribution in [2.45, 2.75) is 58.0 Å². The van der Waals surface area contributed by atoms with Gasteiger partial charge >= 0.3 is 0 Å². The second kappa shape index (κ2) is 10.8. The molecule has 0 unspecified atom stereocenters. The monoisotopic (exact) mass is 512 g/mol. The van der Waals surface area contributed by atoms with Gasteiger partial charge in [-0.25, -0.2) is 0 Å². The first-order valence-corrected chi connectivity index (χ1v) is 14.9. The zero-order valence-electron chi connectivity index (χ0n) is 22.0. The summed E-state index contributed by atoms with van der Waals surface area (Å²) in [6.45, 7) is 15.8. The maximum atomic E-state index is 13.6. The van der Waals surface area contributed by atoms with Crippen LogP contribution in [0.4, 0.5) is 5.69 Å². The van der Waals surface area contributed by atoms with E-state index in [1.807, 2.05) is 30.3 Å². The van der Waals surface area contributed by atoms with Crippen molar-refractivity contribution < 1.29 is 23.6 Å². The highest BCUT2D eigenvalue weighted by molar-refractivity contribution is 6.74. The van der Waals surface area contributed by atoms with Gasteiger partial charge in [-0.15, -0.1) is 0 Å². The van der Waals surface area contributed by atoms with Gasteiger partial charge in [0.1, 0.15) is 12.2 Å². The maximum Gasteiger partial charge on any atom is 0.286 e. The van der Waals surface area contributed by atoms with Gasteiger partial charge in [0, 0.05) is 12.6 Å². The summed E-state index contributed by atoms with van der Waals surface area (Å²) in [5.41, 5.74) is 1.42. The summed E-state index contributed by atoms with van der Waals surface area (Å²) in [6, 6.07) is 11.9. The number of hydrogen-bond acceptors (Lipinski definition) is 6. The molecule has 1 amide bonds. The number of ether oxygens (including phenoxy) is 2. The number of amides is 1. The van der Waals surface area contributed by atoms with Crippen molar-refractivity contribution in [1.29, 1.82) is 0 Å². The molecule has 0 spiro atoms. The highest BCUT2D eigenvalue weighted by atomic mass is 28.4. The lowest BCUT2D eigenvalue weighted by molar-refractivity contribution is -0.385. The van der Waals surface area contributed by atoms with Crippen LogP contribution in [0, 0.1) is 10.1 Å². The van der Waals surface area contributed by atoms with Crippen molar-refractivity contribution >= 4 is 19.9 Å². The van der Waals surface area contributed by atoms with E-state index in [-0.39, 0.29) is 40.4 Å². The summed E-state index contributed by atoms with van der Waals surface area (Å²) in [5.74, 6) is 0.0114. The van der Waals surface area contributed by atoms with Crippen molar-refractivity contribution in [3.05, 3.63) is 75.9 Å². The van der Waals surface area contributed by atoms with Gasteiger partial charge in [-0.1, -0.05) is 63.3 Å². The Balaban J connectivity index is 1.88. The molecule has 0 bridgehead atoms. The van der Waals surface area contributed by atoms with Gasteiger partial charge in [0.05, 0.1) is 30.7 Å². The van der Waals surface area contributed by atoms with Gasteiger partial charge in [-0.3, -0.25) is 14.9 Å². The number of likely N-dealkylation sites (tertiary alicyclic amines) is 1. The van der Waals surface area contributed by atoms with E-state index in [4.69, 9.17) is 13.9 Å². The summed E-state index contributed by atoms with van der Waals surface area (Å²) in [6.07, 6.45) is 0.601. The van der Waals surface area contributed by atoms with Gasteiger partial charge in [0.2, 0.25) is 0 Å². The molecule has 0 radical (unpaired) electrons. The third-order valence-corrected chi connectivity index (χ3v) is 11.5. The molecule has 194 valence electrons. The molecular weight excluding hydrogens is 476 g/mol. The minimum atomic E-state index is -2.04. The molecular formula is C27H36N2O6Si. The molecule has 1 aliphatic rings. The summed E-state index contributed by atoms with van der Waals surface area (Å²) < 4.78 is 17.7. The van der Waals surface area contributed by atoms with E-state index in [2.05, 4.69) is 40.4 Å². The van der Waals surface area contributed by atoms with Crippen LogP contribution in [0.3, 0.4) is 0 Å². The Morgan fingerprint density at radius 3 is 2.44 bits per heavy atom. The van der Waals surface area contributed by atoms with Crippen LogP contribution in [-0.2, 0) is 11.0 Å². The normalized spacial score (nSPS) is 16.2. The van der Waals surface area contributed by atoms with Gasteiger partial charge in [-0.05, 0) is 30.1 Å². The first-order valence-electron chi connectivity index (χ1n) is 12.0. The second-order valence-electron chi connectivity index (χ2n) is 10.7. The fraction of sp³-hybridized carbons (Fsp3) is 0.444. The van der Waals surface area contributed by atoms with Gasteiger partial charge in [0.15, 0.2) is 19.8 Å². The van der Waals surface area contributed by atoms with E-state index >= 15 is 0 Å². The van der Waals surface area contributed by atoms with Crippen LogP contribution in [0.2, 0.25) is 18.1 Å². The molecule has 2 aromatic carbocycles. The van der Waals surface area contributed by atoms with Crippen molar-refractivity contribution in [2.24, 2.45) is 0 Å². The molecule has 1 aliphatic heterocycles. The molecule has 36 heavy (non-hydrogen) atoms. The van der Waals surface area contributed by atoms with E-state index in [9.17, 15) is 14.9 Å². The van der Waals surface area contributed by atoms with Crippen LogP contribution < -0.4 is 9.47 Å². The quantitative estimate of drug-likeness (QED) is 0.178. The maximum absolute atomic E-state index is 13.6. The van der Waals surface area contributed by atoms with E-state index < -0.39 is 19.1 Å². The van der Waals surface area contributed by atoms with Gasteiger partial charge in [-0.2, -0.15) is 0 Å². The Bertz CT molecular complexity index is 1130. The van der Waals surface area contributed by atoms with Gasteiger partial charge < -0.3 is 18.8 Å². The van der Waals surface area contributed by atoms with Crippen molar-refractivity contribution in [2.75, 3.05) is 20.3 Å². The third kappa shape index (κ3) is 6.14. The molecule has 0 N–H and O–H groups in total. The van der Waals surface area contributed by atoms with Crippen LogP contribution in [0.15, 0.2) is 54.6 Å². The van der Waals surface area contributed by atoms with Gasteiger partial charge in [0.25, 0.3) is 11.6 Å². The largest absolute Gasteiger partial charge is 0.493 e. The highest BCUT2D eigenvalue weighted by Gasteiger charge is 2.40. The predicted molar refractivity (Wildman–Crippen MR) is 142 cm³/mol. The molecule has 9 heteroatoms. The molecule has 8 nitrogen and oxygen atoms in total. The Kier molecular flexibility index (Phi) is 8.25. The smallest absolute Gasteiger partial charge is 0.286 e. The number of carbonyl (C=O) groups is 1. The first kappa shape index (κ1) is 27.4. The third-order valence-electron chi connectivity index (χ3n) is 7.01. The second-order valence-corrected chi connectivity index (χ2v) is 15.5. The van der Waals surface area contributed by atoms with E-state index in [0.29, 0.717) is 19.6 Å². The van der Waals surface area contributed by atoms with Crippen molar-refractivity contribution in [3.63, 3.8) is 0 Å². The number of benzene rings is 2. The number of rotatable bonds is 9. The predicted octanol–water partition coefficient (Wildman–Crippen LogP) is 5.97. The lowest BCUT2D eigenvalue weighted by atomic mass is 10.1. The summed E-state index contributed by atoms with van der Waals surface area (Å²) in [7, 11) is -0.596. The summed E-state index contributed by atoms with van der Waals surface area (Å²) in [4.78, 5) is 26.7. The molecule has 1 heterocycles. The molecule has 1 fully saturated rings. The van der Waals surface area contributed by atoms with Crippen molar-refractivity contribution in [3.8, 4) is 11.5 Å². The van der Waals surface area contributed by atoms with Crippen LogP contribution in [0.5, 0.6) is 11.5 Å². The fourth-order valence-corrected chi connectivity index (χ4v) is 4.86. The molecule has 1 saturated heterocycles. The fourth-order valence-electron chi connectivity index (χ4n) is 3.82. The standard InChI is InChI=1S/C27H36N2O6Si/c1-19-13-21(18-35-36(6,7)27(2,3)4)28(16-19)26(30)22-14-24(33-5)25(15-23(22)29(31)32)34-17-20-11-9-8-10-12-20/h8-12,14-15,21H,1,13,16-18H2,2-7H3/t21-/m0/s1. The Hall–Kier alpha value is -3.17. The Morgan fingerprint density at radius 1 is 1.19 bits per heavy atom. The summed E-state index contributed by atoms with van der Waals surface area (Å²) in [5, 5.41) is 12.0. The molecule has 2 aromatic rings. The number of methoxy groups -OCH3 is 1. The lowest BCUT2D eigenvalue weighted by Gasteiger charge is -2.38. The van der Waals surface area contributed by atoms with Crippen LogP contribution in [0.25, 0.3) is 0 Å². The summed E-state index contributed by atoms with van der Waals surface area (Å²) >= 11 is 0. The van der Waals surface area contributed by atoms with E-state index in [1.54, 1.807) is 4.90 Å². The molecule has 0 saturated carbocycles. The first-order chi connectivity index (χ1) is 16.8. The number of nitro groups is 1. The van der Waals surface area contributed by atoms with Crippen molar-refractivity contribution in [1.82, 2.24) is 4.90 Å². The van der Waals surface area contributed by atoms with Crippen LogP contribution >= 0.6 is 0 Å². The average Bonchev–Trinajstić information content (AvgIpc) is 3.20. The number of nitrogens with zero attached hydrogens (tertiary/aromatic N) is 2. The van der Waals surface area contributed by atoms with E-state index in [0.717, 1.165) is 11.1 Å². The molecule has 0 aromatic heterocycles. The average molecular weight is 513 g/mol. The highest BCUT2D eigenvalue weighted by Crippen LogP contribution is 2.39. The minimum absolute atomic E-state index is 0.0270. The number of carbonyl (C=O) groups excluding carboxylic acids is 1. The zero-order valence-corrected chi connectivity index (χ0v) is 23.0. The van der Waals surface area contributed by atoms with Crippen LogP contribution in [0.1, 0.15) is 43.1 Å². The Morgan fingerprint density at radius 2 is 1.86 bits per heavy atom. The minimum Gasteiger partial charge on any atom is -0.493 e. The molecule has 0 aliphatic carbocycles. The topological polar surface area (TPSA) is 91.1 Å². The SMILES string of the molecule is C=C1C[C@@H](CO[Si](C)(C)C(C)(C)C)N(C(=O)c2cc(OC)c(OCc3ccccc3)cc2[N+](=O)[O-])C1. The Labute approximate surface area is 214 Å². The lowest BCUT2D eigenvalue weighted by Crippen LogP contribution is -2.46. The zero-order chi connectivity index (χ0) is 26.7. The number of hydrogen-bond donors (Lipinski definition) is 0. The van der Waals surface area contributed by atoms with E-state index in [1.165, 1.54) is 19.2 Å². The number of nitro benzene ring substituents is 1. The van der Waals surface area contributed by atoms with Crippen LogP contribution in [-0.4, -0.2) is 50.4 Å².